The number of hydrogen-bond donors (Lipinski definition) is 1. The fourth-order valence-electron chi connectivity index (χ4n) is 3.16. The lowest BCUT2D eigenvalue weighted by atomic mass is 10.1. The number of rotatable bonds is 6. The zero-order valence-electron chi connectivity index (χ0n) is 16.4. The molecule has 0 radical (unpaired) electrons. The van der Waals surface area contributed by atoms with Crippen LogP contribution in [0.4, 0.5) is 5.13 Å². The highest BCUT2D eigenvalue weighted by Gasteiger charge is 2.16. The van der Waals surface area contributed by atoms with Crippen molar-refractivity contribution < 1.29 is 18.7 Å². The Kier molecular flexibility index (Phi) is 5.73. The number of ether oxygens (including phenoxy) is 2. The van der Waals surface area contributed by atoms with Crippen molar-refractivity contribution in [1.29, 1.82) is 0 Å². The van der Waals surface area contributed by atoms with E-state index in [1.165, 1.54) is 11.3 Å². The Morgan fingerprint density at radius 1 is 1.12 bits per heavy atom. The number of fused-ring (bicyclic) bond motifs is 1. The molecule has 0 fully saturated rings. The van der Waals surface area contributed by atoms with E-state index in [2.05, 4.69) is 15.3 Å². The second kappa shape index (κ2) is 8.82. The number of carbonyl (C=O) groups excluding carboxylic acids is 1. The number of carbonyl (C=O) groups is 1. The first-order valence-corrected chi connectivity index (χ1v) is 11.2. The molecule has 1 aliphatic heterocycles. The Morgan fingerprint density at radius 3 is 2.88 bits per heavy atom. The van der Waals surface area contributed by atoms with Crippen LogP contribution in [0.25, 0.3) is 22.6 Å². The second-order valence-corrected chi connectivity index (χ2v) is 8.60. The van der Waals surface area contributed by atoms with Crippen LogP contribution in [0.1, 0.15) is 12.3 Å². The molecule has 0 unspecified atom stereocenters. The van der Waals surface area contributed by atoms with Gasteiger partial charge in [-0.1, -0.05) is 23.2 Å². The van der Waals surface area contributed by atoms with Crippen molar-refractivity contribution in [2.75, 3.05) is 12.1 Å². The van der Waals surface area contributed by atoms with Crippen LogP contribution in [-0.2, 0) is 11.2 Å². The van der Waals surface area contributed by atoms with E-state index in [1.54, 1.807) is 24.4 Å². The minimum Gasteiger partial charge on any atom is -0.454 e. The van der Waals surface area contributed by atoms with Crippen LogP contribution in [0, 0.1) is 0 Å². The van der Waals surface area contributed by atoms with Crippen LogP contribution in [0.3, 0.4) is 0 Å². The van der Waals surface area contributed by atoms with Gasteiger partial charge in [0.15, 0.2) is 28.3 Å². The molecule has 32 heavy (non-hydrogen) atoms. The van der Waals surface area contributed by atoms with Crippen molar-refractivity contribution >= 4 is 45.6 Å². The van der Waals surface area contributed by atoms with Gasteiger partial charge in [0.05, 0.1) is 16.9 Å². The molecule has 0 saturated heterocycles. The van der Waals surface area contributed by atoms with Crippen molar-refractivity contribution in [1.82, 2.24) is 9.97 Å². The first-order valence-electron chi connectivity index (χ1n) is 9.61. The van der Waals surface area contributed by atoms with E-state index in [0.717, 1.165) is 11.3 Å². The number of halogens is 2. The van der Waals surface area contributed by atoms with Gasteiger partial charge >= 0.3 is 0 Å². The summed E-state index contributed by atoms with van der Waals surface area (Å²) in [7, 11) is 0. The molecule has 2 aromatic heterocycles. The average Bonchev–Trinajstić information content (AvgIpc) is 3.52. The highest BCUT2D eigenvalue weighted by atomic mass is 35.5. The van der Waals surface area contributed by atoms with Crippen molar-refractivity contribution in [2.24, 2.45) is 0 Å². The number of nitrogens with one attached hydrogen (secondary N) is 1. The Morgan fingerprint density at radius 2 is 2.00 bits per heavy atom. The number of amides is 1. The Labute approximate surface area is 196 Å². The topological polar surface area (TPSA) is 86.5 Å². The highest BCUT2D eigenvalue weighted by molar-refractivity contribution is 7.14. The van der Waals surface area contributed by atoms with Crippen molar-refractivity contribution in [3.8, 4) is 34.1 Å². The van der Waals surface area contributed by atoms with Crippen molar-refractivity contribution in [3.63, 3.8) is 0 Å². The molecular weight excluding hydrogens is 473 g/mol. The average molecular weight is 488 g/mol. The van der Waals surface area contributed by atoms with E-state index in [0.29, 0.717) is 50.3 Å². The zero-order valence-corrected chi connectivity index (χ0v) is 18.8. The molecule has 1 N–H and O–H groups in total. The highest BCUT2D eigenvalue weighted by Crippen LogP contribution is 2.36. The SMILES string of the molecule is O=C(CCc1ncc(-c2ccc(Cl)cc2Cl)o1)Nc1nc(-c2ccc3c(c2)OCO3)cs1. The van der Waals surface area contributed by atoms with E-state index < -0.39 is 0 Å². The van der Waals surface area contributed by atoms with E-state index in [9.17, 15) is 4.79 Å². The summed E-state index contributed by atoms with van der Waals surface area (Å²) in [5.74, 6) is 2.19. The lowest BCUT2D eigenvalue weighted by molar-refractivity contribution is -0.116. The van der Waals surface area contributed by atoms with Crippen LogP contribution >= 0.6 is 34.5 Å². The molecule has 0 saturated carbocycles. The lowest BCUT2D eigenvalue weighted by Gasteiger charge is -2.02. The summed E-state index contributed by atoms with van der Waals surface area (Å²) < 4.78 is 16.5. The molecule has 2 aromatic carbocycles. The third-order valence-electron chi connectivity index (χ3n) is 4.73. The first kappa shape index (κ1) is 20.8. The van der Waals surface area contributed by atoms with E-state index in [1.807, 2.05) is 23.6 Å². The van der Waals surface area contributed by atoms with Gasteiger partial charge in [0.1, 0.15) is 0 Å². The largest absolute Gasteiger partial charge is 0.454 e. The van der Waals surface area contributed by atoms with Crippen LogP contribution in [0.5, 0.6) is 11.5 Å². The third kappa shape index (κ3) is 4.43. The maximum atomic E-state index is 12.4. The Hall–Kier alpha value is -3.07. The number of aromatic nitrogens is 2. The fraction of sp³-hybridized carbons (Fsp3) is 0.136. The molecule has 4 aromatic rings. The maximum Gasteiger partial charge on any atom is 0.231 e. The molecule has 7 nitrogen and oxygen atoms in total. The van der Waals surface area contributed by atoms with Gasteiger partial charge in [0.25, 0.3) is 0 Å². The number of oxazole rings is 1. The molecule has 0 bridgehead atoms. The molecule has 0 spiro atoms. The molecule has 5 rings (SSSR count). The second-order valence-electron chi connectivity index (χ2n) is 6.90. The van der Waals surface area contributed by atoms with E-state index >= 15 is 0 Å². The lowest BCUT2D eigenvalue weighted by Crippen LogP contribution is -2.12. The van der Waals surface area contributed by atoms with Crippen LogP contribution in [-0.4, -0.2) is 22.7 Å². The van der Waals surface area contributed by atoms with Crippen molar-refractivity contribution in [2.45, 2.75) is 12.8 Å². The molecule has 1 amide bonds. The van der Waals surface area contributed by atoms with Crippen LogP contribution < -0.4 is 14.8 Å². The molecular formula is C22H15Cl2N3O4S. The minimum absolute atomic E-state index is 0.180. The maximum absolute atomic E-state index is 12.4. The van der Waals surface area contributed by atoms with Gasteiger partial charge in [-0.2, -0.15) is 0 Å². The predicted molar refractivity (Wildman–Crippen MR) is 123 cm³/mol. The molecule has 3 heterocycles. The Bertz CT molecular complexity index is 1300. The smallest absolute Gasteiger partial charge is 0.231 e. The zero-order chi connectivity index (χ0) is 22.1. The van der Waals surface area contributed by atoms with Crippen molar-refractivity contribution in [3.05, 3.63) is 63.9 Å². The van der Waals surface area contributed by atoms with Gasteiger partial charge < -0.3 is 19.2 Å². The molecule has 0 aliphatic carbocycles. The standard InChI is InChI=1S/C22H15Cl2N3O4S/c23-13-2-3-14(15(24)8-13)19-9-25-21(31-19)6-5-20(28)27-22-26-16(10-32-22)12-1-4-17-18(7-12)30-11-29-17/h1-4,7-10H,5-6,11H2,(H,26,27,28). The molecule has 162 valence electrons. The summed E-state index contributed by atoms with van der Waals surface area (Å²) in [5.41, 5.74) is 2.33. The van der Waals surface area contributed by atoms with Gasteiger partial charge in [0, 0.05) is 34.4 Å². The molecule has 10 heteroatoms. The van der Waals surface area contributed by atoms with Gasteiger partial charge in [-0.05, 0) is 36.4 Å². The first-order chi connectivity index (χ1) is 15.5. The number of anilines is 1. The normalized spacial score (nSPS) is 12.2. The fourth-order valence-corrected chi connectivity index (χ4v) is 4.40. The monoisotopic (exact) mass is 487 g/mol. The van der Waals surface area contributed by atoms with Gasteiger partial charge in [-0.3, -0.25) is 4.79 Å². The summed E-state index contributed by atoms with van der Waals surface area (Å²) in [6.07, 6.45) is 2.13. The number of hydrogen-bond acceptors (Lipinski definition) is 7. The minimum atomic E-state index is -0.180. The van der Waals surface area contributed by atoms with Gasteiger partial charge in [0.2, 0.25) is 12.7 Å². The van der Waals surface area contributed by atoms with Crippen LogP contribution in [0.15, 0.2) is 52.4 Å². The summed E-state index contributed by atoms with van der Waals surface area (Å²) in [6, 6.07) is 10.8. The van der Waals surface area contributed by atoms with Crippen LogP contribution in [0.2, 0.25) is 10.0 Å². The number of nitrogens with zero attached hydrogens (tertiary/aromatic N) is 2. The number of benzene rings is 2. The van der Waals surface area contributed by atoms with E-state index in [4.69, 9.17) is 37.1 Å². The van der Waals surface area contributed by atoms with Gasteiger partial charge in [-0.25, -0.2) is 9.97 Å². The molecule has 1 aliphatic rings. The summed E-state index contributed by atoms with van der Waals surface area (Å²) in [5, 5.41) is 6.22. The van der Waals surface area contributed by atoms with Gasteiger partial charge in [-0.15, -0.1) is 11.3 Å². The predicted octanol–water partition coefficient (Wildman–Crippen LogP) is 6.07. The number of aryl methyl sites for hydroxylation is 1. The quantitative estimate of drug-likeness (QED) is 0.355. The summed E-state index contributed by atoms with van der Waals surface area (Å²) in [6.45, 7) is 0.218. The summed E-state index contributed by atoms with van der Waals surface area (Å²) >= 11 is 13.5. The Balaban J connectivity index is 1.19. The summed E-state index contributed by atoms with van der Waals surface area (Å²) in [4.78, 5) is 21.1. The van der Waals surface area contributed by atoms with E-state index in [-0.39, 0.29) is 19.1 Å². The number of thiazole rings is 1. The third-order valence-corrected chi connectivity index (χ3v) is 6.04. The molecule has 0 atom stereocenters.